The van der Waals surface area contributed by atoms with Gasteiger partial charge in [-0.3, -0.25) is 0 Å². The van der Waals surface area contributed by atoms with Crippen molar-refractivity contribution in [3.8, 4) is 6.07 Å². The predicted octanol–water partition coefficient (Wildman–Crippen LogP) is 2.44. The number of hydrogen-bond acceptors (Lipinski definition) is 2. The molecule has 1 fully saturated rings. The van der Waals surface area contributed by atoms with Gasteiger partial charge in [0.05, 0.1) is 0 Å². The molecule has 0 saturated heterocycles. The summed E-state index contributed by atoms with van der Waals surface area (Å²) < 4.78 is 2.14. The Kier molecular flexibility index (Phi) is 3.63. The fraction of sp³-hybridized carbons (Fsp3) is 0.615. The Morgan fingerprint density at radius 1 is 1.50 bits per heavy atom. The molecule has 2 atom stereocenters. The van der Waals surface area contributed by atoms with E-state index in [2.05, 4.69) is 10.6 Å². The fourth-order valence-electron chi connectivity index (χ4n) is 2.82. The van der Waals surface area contributed by atoms with Gasteiger partial charge in [0.1, 0.15) is 11.8 Å². The van der Waals surface area contributed by atoms with Crippen LogP contribution in [0.2, 0.25) is 0 Å². The van der Waals surface area contributed by atoms with Crippen LogP contribution in [0.15, 0.2) is 18.3 Å². The second-order valence-corrected chi connectivity index (χ2v) is 4.68. The Balaban J connectivity index is 2.07. The van der Waals surface area contributed by atoms with Gasteiger partial charge in [-0.15, -0.1) is 0 Å². The summed E-state index contributed by atoms with van der Waals surface area (Å²) in [5, 5.41) is 9.02. The minimum Gasteiger partial charge on any atom is -0.336 e. The van der Waals surface area contributed by atoms with Gasteiger partial charge in [0.15, 0.2) is 0 Å². The van der Waals surface area contributed by atoms with E-state index in [4.69, 9.17) is 11.0 Å². The summed E-state index contributed by atoms with van der Waals surface area (Å²) in [6.07, 6.45) is 8.11. The van der Waals surface area contributed by atoms with E-state index in [-0.39, 0.29) is 0 Å². The second kappa shape index (κ2) is 5.18. The number of nitrogens with two attached hydrogens (primary N) is 1. The summed E-state index contributed by atoms with van der Waals surface area (Å²) >= 11 is 0. The molecule has 1 aromatic rings. The van der Waals surface area contributed by atoms with Crippen LogP contribution < -0.4 is 5.73 Å². The molecule has 0 spiro atoms. The third kappa shape index (κ3) is 2.28. The van der Waals surface area contributed by atoms with Crippen molar-refractivity contribution in [1.29, 1.82) is 5.26 Å². The van der Waals surface area contributed by atoms with Gasteiger partial charge < -0.3 is 10.3 Å². The normalized spacial score (nSPS) is 25.2. The highest BCUT2D eigenvalue weighted by Gasteiger charge is 2.23. The van der Waals surface area contributed by atoms with E-state index in [1.807, 2.05) is 18.3 Å². The standard InChI is InChI=1S/C13H19N3/c14-7-6-11-3-1-4-12(9-11)16-8-2-5-13(16)10-15/h2,5,8,11-12H,1,3-4,6-7,9,14H2. The first-order valence-corrected chi connectivity index (χ1v) is 6.12. The van der Waals surface area contributed by atoms with Crippen molar-refractivity contribution in [1.82, 2.24) is 4.57 Å². The van der Waals surface area contributed by atoms with Crippen molar-refractivity contribution in [3.05, 3.63) is 24.0 Å². The van der Waals surface area contributed by atoms with Crippen LogP contribution in [-0.4, -0.2) is 11.1 Å². The van der Waals surface area contributed by atoms with Crippen molar-refractivity contribution in [3.63, 3.8) is 0 Å². The van der Waals surface area contributed by atoms with Crippen molar-refractivity contribution < 1.29 is 0 Å². The van der Waals surface area contributed by atoms with E-state index in [0.717, 1.165) is 24.6 Å². The summed E-state index contributed by atoms with van der Waals surface area (Å²) in [5.41, 5.74) is 6.41. The van der Waals surface area contributed by atoms with Crippen molar-refractivity contribution in [2.24, 2.45) is 11.7 Å². The van der Waals surface area contributed by atoms with Crippen LogP contribution in [0.1, 0.15) is 43.8 Å². The quantitative estimate of drug-likeness (QED) is 0.845. The predicted molar refractivity (Wildman–Crippen MR) is 63.8 cm³/mol. The molecular weight excluding hydrogens is 198 g/mol. The minimum atomic E-state index is 0.509. The van der Waals surface area contributed by atoms with E-state index in [9.17, 15) is 0 Å². The molecule has 1 aliphatic carbocycles. The maximum Gasteiger partial charge on any atom is 0.120 e. The molecular formula is C13H19N3. The van der Waals surface area contributed by atoms with Gasteiger partial charge in [0.25, 0.3) is 0 Å². The smallest absolute Gasteiger partial charge is 0.120 e. The zero-order valence-corrected chi connectivity index (χ0v) is 9.60. The molecule has 1 aliphatic rings. The summed E-state index contributed by atoms with van der Waals surface area (Å²) in [7, 11) is 0. The van der Waals surface area contributed by atoms with Gasteiger partial charge in [0.2, 0.25) is 0 Å². The Morgan fingerprint density at radius 3 is 3.12 bits per heavy atom. The lowest BCUT2D eigenvalue weighted by molar-refractivity contribution is 0.257. The van der Waals surface area contributed by atoms with Gasteiger partial charge in [-0.25, -0.2) is 0 Å². The van der Waals surface area contributed by atoms with Crippen molar-refractivity contribution in [2.75, 3.05) is 6.54 Å². The molecule has 86 valence electrons. The first kappa shape index (κ1) is 11.2. The van der Waals surface area contributed by atoms with Crippen LogP contribution in [0.3, 0.4) is 0 Å². The maximum atomic E-state index is 9.02. The second-order valence-electron chi connectivity index (χ2n) is 4.68. The summed E-state index contributed by atoms with van der Waals surface area (Å²) in [6.45, 7) is 0.786. The highest BCUT2D eigenvalue weighted by molar-refractivity contribution is 5.23. The lowest BCUT2D eigenvalue weighted by Gasteiger charge is -2.30. The van der Waals surface area contributed by atoms with E-state index in [1.165, 1.54) is 25.7 Å². The topological polar surface area (TPSA) is 54.7 Å². The van der Waals surface area contributed by atoms with Crippen molar-refractivity contribution >= 4 is 0 Å². The first-order chi connectivity index (χ1) is 7.85. The molecule has 3 heteroatoms. The van der Waals surface area contributed by atoms with E-state index < -0.39 is 0 Å². The van der Waals surface area contributed by atoms with E-state index >= 15 is 0 Å². The molecule has 1 aromatic heterocycles. The Labute approximate surface area is 96.9 Å². The largest absolute Gasteiger partial charge is 0.336 e. The summed E-state index contributed by atoms with van der Waals surface area (Å²) in [5.74, 6) is 0.748. The Bertz CT molecular complexity index is 373. The molecule has 2 N–H and O–H groups in total. The lowest BCUT2D eigenvalue weighted by atomic mass is 9.83. The van der Waals surface area contributed by atoms with Crippen LogP contribution >= 0.6 is 0 Å². The zero-order valence-electron chi connectivity index (χ0n) is 9.60. The zero-order chi connectivity index (χ0) is 11.4. The van der Waals surface area contributed by atoms with Crippen LogP contribution in [0.4, 0.5) is 0 Å². The first-order valence-electron chi connectivity index (χ1n) is 6.12. The van der Waals surface area contributed by atoms with Gasteiger partial charge in [-0.1, -0.05) is 12.8 Å². The average Bonchev–Trinajstić information content (AvgIpc) is 2.78. The number of hydrogen-bond donors (Lipinski definition) is 1. The molecule has 0 radical (unpaired) electrons. The third-order valence-electron chi connectivity index (χ3n) is 3.62. The van der Waals surface area contributed by atoms with E-state index in [0.29, 0.717) is 6.04 Å². The number of nitrogens with zero attached hydrogens (tertiary/aromatic N) is 2. The van der Waals surface area contributed by atoms with Crippen molar-refractivity contribution in [2.45, 2.75) is 38.1 Å². The molecule has 0 aliphatic heterocycles. The lowest BCUT2D eigenvalue weighted by Crippen LogP contribution is -2.21. The fourth-order valence-corrected chi connectivity index (χ4v) is 2.82. The number of nitriles is 1. The molecule has 2 unspecified atom stereocenters. The molecule has 2 rings (SSSR count). The highest BCUT2D eigenvalue weighted by Crippen LogP contribution is 2.34. The third-order valence-corrected chi connectivity index (χ3v) is 3.62. The molecule has 1 saturated carbocycles. The molecule has 16 heavy (non-hydrogen) atoms. The minimum absolute atomic E-state index is 0.509. The monoisotopic (exact) mass is 217 g/mol. The number of rotatable bonds is 3. The summed E-state index contributed by atoms with van der Waals surface area (Å²) in [4.78, 5) is 0. The SMILES string of the molecule is N#Cc1cccn1C1CCCC(CCN)C1. The molecule has 3 nitrogen and oxygen atoms in total. The molecule has 0 amide bonds. The van der Waals surface area contributed by atoms with E-state index in [1.54, 1.807) is 0 Å². The molecule has 0 bridgehead atoms. The van der Waals surface area contributed by atoms with Gasteiger partial charge in [-0.05, 0) is 43.9 Å². The Morgan fingerprint density at radius 2 is 2.38 bits per heavy atom. The van der Waals surface area contributed by atoms with Crippen LogP contribution in [0, 0.1) is 17.2 Å². The average molecular weight is 217 g/mol. The van der Waals surface area contributed by atoms with Gasteiger partial charge >= 0.3 is 0 Å². The number of aromatic nitrogens is 1. The van der Waals surface area contributed by atoms with Gasteiger partial charge in [-0.2, -0.15) is 5.26 Å². The maximum absolute atomic E-state index is 9.02. The molecule has 1 heterocycles. The van der Waals surface area contributed by atoms with Gasteiger partial charge in [0, 0.05) is 12.2 Å². The Hall–Kier alpha value is -1.27. The van der Waals surface area contributed by atoms with Crippen LogP contribution in [0.25, 0.3) is 0 Å². The van der Waals surface area contributed by atoms with Crippen LogP contribution in [-0.2, 0) is 0 Å². The summed E-state index contributed by atoms with van der Waals surface area (Å²) in [6, 6.07) is 6.63. The molecule has 0 aromatic carbocycles. The van der Waals surface area contributed by atoms with Crippen LogP contribution in [0.5, 0.6) is 0 Å². The highest BCUT2D eigenvalue weighted by atomic mass is 15.0.